The van der Waals surface area contributed by atoms with Crippen molar-refractivity contribution in [2.45, 2.75) is 86.0 Å². The third kappa shape index (κ3) is 6.50. The molecular weight excluding hydrogens is 532 g/mol. The number of anilines is 3. The van der Waals surface area contributed by atoms with E-state index in [1.807, 2.05) is 0 Å². The van der Waals surface area contributed by atoms with E-state index in [1.54, 1.807) is 0 Å². The highest BCUT2D eigenvalue weighted by Crippen LogP contribution is 2.41. The Morgan fingerprint density at radius 3 is 1.73 bits per heavy atom. The molecule has 3 aromatic carbocycles. The summed E-state index contributed by atoms with van der Waals surface area (Å²) >= 11 is 0. The molecule has 4 unspecified atom stereocenters. The molecule has 3 aliphatic carbocycles. The summed E-state index contributed by atoms with van der Waals surface area (Å²) in [6.45, 7) is 13.8. The second kappa shape index (κ2) is 13.1. The van der Waals surface area contributed by atoms with Gasteiger partial charge >= 0.3 is 0 Å². The number of hydrogen-bond acceptors (Lipinski definition) is 2. The van der Waals surface area contributed by atoms with Crippen LogP contribution in [0, 0.1) is 38.5 Å². The number of rotatable bonds is 7. The monoisotopic (exact) mass is 582 g/mol. The molecule has 0 amide bonds. The Balaban J connectivity index is 1.31. The summed E-state index contributed by atoms with van der Waals surface area (Å²) in [6, 6.07) is 25.1. The van der Waals surface area contributed by atoms with Crippen LogP contribution < -0.4 is 9.80 Å². The summed E-state index contributed by atoms with van der Waals surface area (Å²) in [5.41, 5.74) is 13.4. The Bertz CT molecular complexity index is 1620. The van der Waals surface area contributed by atoms with Crippen LogP contribution in [0.3, 0.4) is 0 Å². The first kappa shape index (κ1) is 30.3. The first-order valence-corrected chi connectivity index (χ1v) is 16.9. The van der Waals surface area contributed by atoms with E-state index in [9.17, 15) is 0 Å². The molecule has 0 radical (unpaired) electrons. The van der Waals surface area contributed by atoms with Crippen LogP contribution in [0.1, 0.15) is 87.5 Å². The van der Waals surface area contributed by atoms with Gasteiger partial charge in [0.25, 0.3) is 0 Å². The van der Waals surface area contributed by atoms with Gasteiger partial charge in [-0.25, -0.2) is 0 Å². The van der Waals surface area contributed by atoms with Gasteiger partial charge in [-0.15, -0.1) is 0 Å². The molecule has 0 aromatic heterocycles. The van der Waals surface area contributed by atoms with Crippen molar-refractivity contribution in [3.63, 3.8) is 0 Å². The van der Waals surface area contributed by atoms with E-state index in [-0.39, 0.29) is 0 Å². The average Bonchev–Trinajstić information content (AvgIpc) is 2.98. The maximum atomic E-state index is 2.53. The van der Waals surface area contributed by atoms with E-state index >= 15 is 0 Å². The van der Waals surface area contributed by atoms with Gasteiger partial charge in [0.15, 0.2) is 0 Å². The van der Waals surface area contributed by atoms with Crippen molar-refractivity contribution in [2.24, 2.45) is 17.8 Å². The maximum Gasteiger partial charge on any atom is 0.0461 e. The van der Waals surface area contributed by atoms with Gasteiger partial charge in [-0.2, -0.15) is 0 Å². The van der Waals surface area contributed by atoms with E-state index in [0.717, 1.165) is 12.8 Å². The minimum absolute atomic E-state index is 0.354. The number of aryl methyl sites for hydroxylation is 3. The van der Waals surface area contributed by atoms with Gasteiger partial charge in [-0.3, -0.25) is 0 Å². The van der Waals surface area contributed by atoms with Gasteiger partial charge in [0.05, 0.1) is 0 Å². The molecule has 2 heteroatoms. The summed E-state index contributed by atoms with van der Waals surface area (Å²) in [5, 5.41) is 0. The average molecular weight is 583 g/mol. The van der Waals surface area contributed by atoms with Crippen LogP contribution in [-0.4, -0.2) is 0 Å². The van der Waals surface area contributed by atoms with Crippen LogP contribution in [0.4, 0.5) is 17.1 Å². The zero-order valence-corrected chi connectivity index (χ0v) is 27.7. The molecule has 2 nitrogen and oxygen atoms in total. The summed E-state index contributed by atoms with van der Waals surface area (Å²) in [5.74, 6) is 1.99. The lowest BCUT2D eigenvalue weighted by molar-refractivity contribution is 0.560. The van der Waals surface area contributed by atoms with Crippen LogP contribution in [0.2, 0.25) is 0 Å². The Labute approximate surface area is 266 Å². The Morgan fingerprint density at radius 1 is 0.614 bits per heavy atom. The maximum absolute atomic E-state index is 2.53. The molecule has 0 heterocycles. The highest BCUT2D eigenvalue weighted by Gasteiger charge is 2.27. The number of hydrogen-bond donors (Lipinski definition) is 0. The fraction of sp³-hybridized carbons (Fsp3) is 0.381. The predicted molar refractivity (Wildman–Crippen MR) is 189 cm³/mol. The van der Waals surface area contributed by atoms with Gasteiger partial charge < -0.3 is 9.80 Å². The van der Waals surface area contributed by atoms with Crippen molar-refractivity contribution in [3.8, 4) is 0 Å². The van der Waals surface area contributed by atoms with Crippen molar-refractivity contribution in [2.75, 3.05) is 9.80 Å². The van der Waals surface area contributed by atoms with Crippen molar-refractivity contribution in [1.29, 1.82) is 0 Å². The fourth-order valence-corrected chi connectivity index (χ4v) is 7.58. The zero-order valence-electron chi connectivity index (χ0n) is 27.7. The van der Waals surface area contributed by atoms with E-state index in [4.69, 9.17) is 0 Å². The molecule has 4 atom stereocenters. The summed E-state index contributed by atoms with van der Waals surface area (Å²) in [7, 11) is 0. The van der Waals surface area contributed by atoms with E-state index in [2.05, 4.69) is 148 Å². The van der Waals surface area contributed by atoms with Crippen LogP contribution in [0.15, 0.2) is 114 Å². The molecule has 0 bridgehead atoms. The molecule has 0 saturated carbocycles. The second-order valence-electron chi connectivity index (χ2n) is 13.8. The minimum Gasteiger partial charge on any atom is -0.315 e. The van der Waals surface area contributed by atoms with Crippen molar-refractivity contribution >= 4 is 17.1 Å². The van der Waals surface area contributed by atoms with Gasteiger partial charge in [0, 0.05) is 40.1 Å². The van der Waals surface area contributed by atoms with Gasteiger partial charge in [0.1, 0.15) is 0 Å². The first-order chi connectivity index (χ1) is 21.3. The molecule has 0 saturated heterocycles. The summed E-state index contributed by atoms with van der Waals surface area (Å²) in [4.78, 5) is 5.04. The van der Waals surface area contributed by atoms with Crippen LogP contribution in [0.25, 0.3) is 0 Å². The number of nitrogens with zero attached hydrogens (tertiary/aromatic N) is 2. The molecule has 0 spiro atoms. The molecule has 3 aliphatic rings. The van der Waals surface area contributed by atoms with Crippen LogP contribution in [0.5, 0.6) is 0 Å². The smallest absolute Gasteiger partial charge is 0.0461 e. The van der Waals surface area contributed by atoms with Crippen molar-refractivity contribution in [1.82, 2.24) is 0 Å². The van der Waals surface area contributed by atoms with Crippen molar-refractivity contribution in [3.05, 3.63) is 136 Å². The quantitative estimate of drug-likeness (QED) is 0.273. The molecule has 228 valence electrons. The topological polar surface area (TPSA) is 6.48 Å². The minimum atomic E-state index is 0.354. The normalized spacial score (nSPS) is 23.5. The van der Waals surface area contributed by atoms with Crippen molar-refractivity contribution < 1.29 is 0 Å². The third-order valence-electron chi connectivity index (χ3n) is 9.84. The SMILES string of the molecule is Cc1cccc(N(C2=CC(C)C(c3ccc(N(C4=CC(C)CCC4)c4cccc(C)c4)cc3C)C=C2)C2=CC(C)CCC2)c1. The second-order valence-corrected chi connectivity index (χ2v) is 13.8. The lowest BCUT2D eigenvalue weighted by atomic mass is 9.81. The molecule has 0 fully saturated rings. The Hall–Kier alpha value is -3.78. The molecule has 44 heavy (non-hydrogen) atoms. The van der Waals surface area contributed by atoms with Gasteiger partial charge in [0.2, 0.25) is 0 Å². The molecule has 6 rings (SSSR count). The highest BCUT2D eigenvalue weighted by atomic mass is 15.2. The molecular formula is C42H50N2. The molecule has 0 N–H and O–H groups in total. The zero-order chi connectivity index (χ0) is 30.8. The van der Waals surface area contributed by atoms with Crippen LogP contribution >= 0.6 is 0 Å². The van der Waals surface area contributed by atoms with Gasteiger partial charge in [-0.1, -0.05) is 75.4 Å². The lowest BCUT2D eigenvalue weighted by Crippen LogP contribution is -2.26. The summed E-state index contributed by atoms with van der Waals surface area (Å²) in [6.07, 6.45) is 19.7. The van der Waals surface area contributed by atoms with E-state index < -0.39 is 0 Å². The highest BCUT2D eigenvalue weighted by molar-refractivity contribution is 5.70. The summed E-state index contributed by atoms with van der Waals surface area (Å²) < 4.78 is 0. The number of allylic oxidation sites excluding steroid dienone is 7. The van der Waals surface area contributed by atoms with E-state index in [1.165, 1.54) is 82.1 Å². The predicted octanol–water partition coefficient (Wildman–Crippen LogP) is 11.8. The Morgan fingerprint density at radius 2 is 1.18 bits per heavy atom. The van der Waals surface area contributed by atoms with Crippen LogP contribution in [-0.2, 0) is 0 Å². The standard InChI is InChI=1S/C42H50N2/c1-29-11-7-15-35(23-29)43(36-16-8-12-30(2)24-36)39-19-21-41(33(5)27-39)42-22-20-40(28-34(42)6)44(37-17-9-13-31(3)25-37)38-18-10-14-32(4)26-38/h7,9,11,13,15,17,19-28,30,32-33,41H,8,10,12,14,16,18H2,1-6H3. The lowest BCUT2D eigenvalue weighted by Gasteiger charge is -2.35. The first-order valence-electron chi connectivity index (χ1n) is 16.9. The fourth-order valence-electron chi connectivity index (χ4n) is 7.58. The largest absolute Gasteiger partial charge is 0.315 e. The number of benzene rings is 3. The molecule has 3 aromatic rings. The Kier molecular flexibility index (Phi) is 8.98. The molecule has 0 aliphatic heterocycles. The van der Waals surface area contributed by atoms with E-state index in [0.29, 0.717) is 23.7 Å². The van der Waals surface area contributed by atoms with Gasteiger partial charge in [-0.05, 0) is 142 Å². The third-order valence-corrected chi connectivity index (χ3v) is 9.84.